The molecule has 0 aliphatic carbocycles. The van der Waals surface area contributed by atoms with Gasteiger partial charge in [-0.15, -0.1) is 0 Å². The maximum absolute atomic E-state index is 10.6. The number of hydrogen-bond donors (Lipinski definition) is 0. The summed E-state index contributed by atoms with van der Waals surface area (Å²) in [5.74, 6) is 0. The topological polar surface area (TPSA) is 38.4 Å². The third-order valence-corrected chi connectivity index (χ3v) is 1.53. The summed E-state index contributed by atoms with van der Waals surface area (Å²) >= 11 is 0. The quantitative estimate of drug-likeness (QED) is 0.521. The molecular weight excluding hydrogens is 120 g/mol. The number of methoxy groups -OCH3 is 1. The molecule has 0 bridgehead atoms. The Morgan fingerprint density at radius 2 is 2.44 bits per heavy atom. The van der Waals surface area contributed by atoms with E-state index in [1.807, 2.05) is 0 Å². The van der Waals surface area contributed by atoms with Crippen molar-refractivity contribution in [2.75, 3.05) is 13.7 Å². The zero-order chi connectivity index (χ0) is 6.69. The van der Waals surface area contributed by atoms with Crippen molar-refractivity contribution in [3.8, 4) is 0 Å². The summed E-state index contributed by atoms with van der Waals surface area (Å²) in [6.07, 6.45) is 0.621. The van der Waals surface area contributed by atoms with E-state index in [0.717, 1.165) is 6.42 Å². The molecule has 2 atom stereocenters. The molecule has 1 rings (SSSR count). The Hall–Kier alpha value is -0.120. The molecule has 1 aliphatic rings. The largest absolute Gasteiger partial charge is 0.381 e. The minimum atomic E-state index is -0.858. The van der Waals surface area contributed by atoms with Crippen molar-refractivity contribution in [1.82, 2.24) is 0 Å². The van der Waals surface area contributed by atoms with Crippen LogP contribution in [0.25, 0.3) is 0 Å². The zero-order valence-electron chi connectivity index (χ0n) is 5.50. The molecule has 9 heavy (non-hydrogen) atoms. The molecule has 3 heteroatoms. The molecule has 1 heterocycles. The Morgan fingerprint density at radius 1 is 1.67 bits per heavy atom. The first-order valence-electron chi connectivity index (χ1n) is 3.13. The molecule has 0 aromatic carbocycles. The molecule has 0 aromatic rings. The van der Waals surface area contributed by atoms with Crippen LogP contribution in [0.4, 0.5) is 0 Å². The second-order valence-electron chi connectivity index (χ2n) is 2.18. The Kier molecular flexibility index (Phi) is 2.45. The molecule has 1 aliphatic heterocycles. The summed E-state index contributed by atoms with van der Waals surface area (Å²) in [4.78, 5) is 0. The lowest BCUT2D eigenvalue weighted by atomic mass is 10.1. The fraction of sp³-hybridized carbons (Fsp3) is 1.00. The van der Waals surface area contributed by atoms with E-state index in [0.29, 0.717) is 13.0 Å². The van der Waals surface area contributed by atoms with Gasteiger partial charge in [0.05, 0.1) is 12.7 Å². The van der Waals surface area contributed by atoms with Crippen LogP contribution in [-0.4, -0.2) is 26.1 Å². The van der Waals surface area contributed by atoms with Crippen molar-refractivity contribution < 1.29 is 14.6 Å². The van der Waals surface area contributed by atoms with Gasteiger partial charge in [0.15, 0.2) is 6.29 Å². The summed E-state index contributed by atoms with van der Waals surface area (Å²) in [7, 11) is 1.63. The molecule has 3 nitrogen and oxygen atoms in total. The third kappa shape index (κ3) is 1.93. The van der Waals surface area contributed by atoms with E-state index >= 15 is 0 Å². The highest BCUT2D eigenvalue weighted by Gasteiger charge is 2.20. The van der Waals surface area contributed by atoms with Gasteiger partial charge in [-0.3, -0.25) is 0 Å². The van der Waals surface area contributed by atoms with Gasteiger partial charge in [0.2, 0.25) is 0 Å². The van der Waals surface area contributed by atoms with E-state index < -0.39 is 6.29 Å². The lowest BCUT2D eigenvalue weighted by Gasteiger charge is -2.23. The SMILES string of the molecule is COC1CCOC([O])C1. The van der Waals surface area contributed by atoms with E-state index in [-0.39, 0.29) is 6.10 Å². The minimum Gasteiger partial charge on any atom is -0.381 e. The second-order valence-corrected chi connectivity index (χ2v) is 2.18. The fourth-order valence-electron chi connectivity index (χ4n) is 0.946. The summed E-state index contributed by atoms with van der Waals surface area (Å²) in [6, 6.07) is 0. The first-order chi connectivity index (χ1) is 4.33. The van der Waals surface area contributed by atoms with Crippen LogP contribution >= 0.6 is 0 Å². The standard InChI is InChI=1S/C6H11O3/c1-8-5-2-3-9-6(7)4-5/h5-6H,2-4H2,1H3. The van der Waals surface area contributed by atoms with Crippen LogP contribution in [0, 0.1) is 0 Å². The maximum Gasteiger partial charge on any atom is 0.193 e. The van der Waals surface area contributed by atoms with E-state index in [2.05, 4.69) is 0 Å². The summed E-state index contributed by atoms with van der Waals surface area (Å²) in [6.45, 7) is 0.548. The molecule has 1 radical (unpaired) electrons. The summed E-state index contributed by atoms with van der Waals surface area (Å²) in [5, 5.41) is 10.6. The fourth-order valence-corrected chi connectivity index (χ4v) is 0.946. The lowest BCUT2D eigenvalue weighted by Crippen LogP contribution is -2.28. The molecule has 2 unspecified atom stereocenters. The zero-order valence-corrected chi connectivity index (χ0v) is 5.50. The Balaban J connectivity index is 2.23. The molecular formula is C6H11O3. The maximum atomic E-state index is 10.6. The van der Waals surface area contributed by atoms with Crippen molar-refractivity contribution in [3.63, 3.8) is 0 Å². The van der Waals surface area contributed by atoms with Crippen LogP contribution in [-0.2, 0) is 14.6 Å². The smallest absolute Gasteiger partial charge is 0.193 e. The van der Waals surface area contributed by atoms with Crippen molar-refractivity contribution in [1.29, 1.82) is 0 Å². The number of hydrogen-bond acceptors (Lipinski definition) is 2. The van der Waals surface area contributed by atoms with Crippen LogP contribution in [0.5, 0.6) is 0 Å². The highest BCUT2D eigenvalue weighted by molar-refractivity contribution is 4.63. The summed E-state index contributed by atoms with van der Waals surface area (Å²) in [5.41, 5.74) is 0. The average Bonchev–Trinajstić information content (AvgIpc) is 1.88. The van der Waals surface area contributed by atoms with Gasteiger partial charge in [-0.05, 0) is 6.42 Å². The lowest BCUT2D eigenvalue weighted by molar-refractivity contribution is -0.188. The van der Waals surface area contributed by atoms with Gasteiger partial charge < -0.3 is 9.47 Å². The Bertz CT molecular complexity index is 84.4. The molecule has 0 N–H and O–H groups in total. The van der Waals surface area contributed by atoms with Gasteiger partial charge in [0, 0.05) is 13.5 Å². The molecule has 0 saturated carbocycles. The molecule has 0 amide bonds. The van der Waals surface area contributed by atoms with Gasteiger partial charge in [-0.25, -0.2) is 5.11 Å². The van der Waals surface area contributed by atoms with Gasteiger partial charge in [0.25, 0.3) is 0 Å². The van der Waals surface area contributed by atoms with E-state index in [1.54, 1.807) is 7.11 Å². The highest BCUT2D eigenvalue weighted by Crippen LogP contribution is 2.13. The van der Waals surface area contributed by atoms with Crippen molar-refractivity contribution >= 4 is 0 Å². The van der Waals surface area contributed by atoms with Crippen LogP contribution < -0.4 is 0 Å². The number of rotatable bonds is 1. The predicted molar refractivity (Wildman–Crippen MR) is 30.5 cm³/mol. The van der Waals surface area contributed by atoms with Crippen LogP contribution in [0.2, 0.25) is 0 Å². The van der Waals surface area contributed by atoms with Crippen LogP contribution in [0.15, 0.2) is 0 Å². The molecule has 0 aromatic heterocycles. The van der Waals surface area contributed by atoms with E-state index in [1.165, 1.54) is 0 Å². The van der Waals surface area contributed by atoms with E-state index in [9.17, 15) is 5.11 Å². The highest BCUT2D eigenvalue weighted by atomic mass is 16.6. The molecule has 53 valence electrons. The van der Waals surface area contributed by atoms with Gasteiger partial charge in [-0.2, -0.15) is 0 Å². The monoisotopic (exact) mass is 131 g/mol. The van der Waals surface area contributed by atoms with Crippen molar-refractivity contribution in [2.24, 2.45) is 0 Å². The second kappa shape index (κ2) is 3.15. The van der Waals surface area contributed by atoms with Crippen LogP contribution in [0.3, 0.4) is 0 Å². The average molecular weight is 131 g/mol. The van der Waals surface area contributed by atoms with Gasteiger partial charge in [-0.1, -0.05) is 0 Å². The molecule has 1 fully saturated rings. The van der Waals surface area contributed by atoms with E-state index in [4.69, 9.17) is 9.47 Å². The molecule has 1 saturated heterocycles. The Labute approximate surface area is 54.6 Å². The van der Waals surface area contributed by atoms with Crippen molar-refractivity contribution in [2.45, 2.75) is 25.2 Å². The molecule has 0 spiro atoms. The summed E-state index contributed by atoms with van der Waals surface area (Å²) < 4.78 is 9.76. The predicted octanol–water partition coefficient (Wildman–Crippen LogP) is 0.568. The third-order valence-electron chi connectivity index (χ3n) is 1.53. The van der Waals surface area contributed by atoms with Crippen molar-refractivity contribution in [3.05, 3.63) is 0 Å². The first-order valence-corrected chi connectivity index (χ1v) is 3.13. The van der Waals surface area contributed by atoms with Gasteiger partial charge >= 0.3 is 0 Å². The van der Waals surface area contributed by atoms with Crippen LogP contribution in [0.1, 0.15) is 12.8 Å². The Morgan fingerprint density at radius 3 is 2.89 bits per heavy atom. The number of ether oxygens (including phenoxy) is 2. The first kappa shape index (κ1) is 6.99. The minimum absolute atomic E-state index is 0.126. The normalized spacial score (nSPS) is 36.7. The van der Waals surface area contributed by atoms with Gasteiger partial charge in [0.1, 0.15) is 0 Å².